The molecule has 0 aromatic heterocycles. The predicted octanol–water partition coefficient (Wildman–Crippen LogP) is 4.62. The minimum Gasteiger partial charge on any atom is -0.371 e. The fraction of sp³-hybridized carbons (Fsp3) is 0.667. The number of urea groups is 1. The minimum absolute atomic E-state index is 0.0259. The number of piperidine rings is 1. The Morgan fingerprint density at radius 3 is 2.48 bits per heavy atom. The first kappa shape index (κ1) is 18.1. The van der Waals surface area contributed by atoms with E-state index in [1.165, 1.54) is 37.8 Å². The summed E-state index contributed by atoms with van der Waals surface area (Å²) in [5.41, 5.74) is 2.46. The molecule has 138 valence electrons. The van der Waals surface area contributed by atoms with Gasteiger partial charge >= 0.3 is 6.03 Å². The molecule has 0 spiro atoms. The van der Waals surface area contributed by atoms with Crippen LogP contribution in [0, 0.1) is 5.92 Å². The summed E-state index contributed by atoms with van der Waals surface area (Å²) in [6.07, 6.45) is 8.62. The van der Waals surface area contributed by atoms with Gasteiger partial charge in [-0.1, -0.05) is 38.3 Å². The molecule has 25 heavy (non-hydrogen) atoms. The lowest BCUT2D eigenvalue weighted by molar-refractivity contribution is 0.229. The highest BCUT2D eigenvalue weighted by Crippen LogP contribution is 2.24. The van der Waals surface area contributed by atoms with E-state index >= 15 is 0 Å². The number of nitrogens with zero attached hydrogens (tertiary/aromatic N) is 1. The third kappa shape index (κ3) is 5.13. The van der Waals surface area contributed by atoms with Crippen LogP contribution in [0.3, 0.4) is 0 Å². The maximum absolute atomic E-state index is 12.2. The molecule has 1 saturated carbocycles. The number of carbonyl (C=O) groups is 1. The Balaban J connectivity index is 1.51. The Morgan fingerprint density at radius 1 is 1.08 bits per heavy atom. The Hall–Kier alpha value is -1.71. The average molecular weight is 344 g/mol. The number of hydrogen-bond donors (Lipinski definition) is 2. The number of benzene rings is 1. The molecule has 1 aromatic rings. The lowest BCUT2D eigenvalue weighted by Gasteiger charge is -2.33. The van der Waals surface area contributed by atoms with Gasteiger partial charge in [0.1, 0.15) is 0 Å². The molecule has 2 unspecified atom stereocenters. The summed E-state index contributed by atoms with van der Waals surface area (Å²) in [4.78, 5) is 14.7. The molecular weight excluding hydrogens is 310 g/mol. The van der Waals surface area contributed by atoms with Crippen LogP contribution in [0.4, 0.5) is 10.5 Å². The Morgan fingerprint density at radius 2 is 1.80 bits per heavy atom. The molecule has 2 atom stereocenters. The molecule has 2 fully saturated rings. The molecule has 2 amide bonds. The number of anilines is 1. The van der Waals surface area contributed by atoms with Crippen molar-refractivity contribution in [3.05, 3.63) is 29.8 Å². The molecule has 4 heteroatoms. The van der Waals surface area contributed by atoms with Crippen LogP contribution in [0.5, 0.6) is 0 Å². The molecule has 1 aliphatic carbocycles. The first-order valence-electron chi connectivity index (χ1n) is 10.0. The summed E-state index contributed by atoms with van der Waals surface area (Å²) in [6, 6.07) is 9.05. The number of amides is 2. The van der Waals surface area contributed by atoms with Crippen LogP contribution < -0.4 is 15.5 Å². The highest BCUT2D eigenvalue weighted by atomic mass is 16.2. The van der Waals surface area contributed by atoms with Crippen molar-refractivity contribution in [2.75, 3.05) is 18.0 Å². The molecule has 1 saturated heterocycles. The molecule has 4 nitrogen and oxygen atoms in total. The summed E-state index contributed by atoms with van der Waals surface area (Å²) in [5.74, 6) is 0.775. The number of rotatable bonds is 4. The van der Waals surface area contributed by atoms with Crippen molar-refractivity contribution in [1.29, 1.82) is 0 Å². The van der Waals surface area contributed by atoms with E-state index < -0.39 is 0 Å². The van der Waals surface area contributed by atoms with Crippen LogP contribution >= 0.6 is 0 Å². The second-order valence-corrected chi connectivity index (χ2v) is 7.96. The monoisotopic (exact) mass is 343 g/mol. The minimum atomic E-state index is -0.0340. The molecule has 0 radical (unpaired) electrons. The molecular formula is C21H33N3O. The predicted molar refractivity (Wildman–Crippen MR) is 104 cm³/mol. The van der Waals surface area contributed by atoms with Crippen molar-refractivity contribution in [2.24, 2.45) is 5.92 Å². The Kier molecular flexibility index (Phi) is 6.22. The van der Waals surface area contributed by atoms with Crippen molar-refractivity contribution in [2.45, 2.75) is 70.9 Å². The van der Waals surface area contributed by atoms with E-state index in [9.17, 15) is 4.79 Å². The van der Waals surface area contributed by atoms with Crippen molar-refractivity contribution in [3.8, 4) is 0 Å². The SMILES string of the molecule is CC1CCCN(c2ccc(C(C)NC(=O)NC3CCCCC3)cc2)C1. The molecule has 3 rings (SSSR count). The van der Waals surface area contributed by atoms with Crippen LogP contribution in [-0.2, 0) is 0 Å². The number of carbonyl (C=O) groups excluding carboxylic acids is 1. The van der Waals surface area contributed by atoms with E-state index in [0.29, 0.717) is 6.04 Å². The first-order valence-corrected chi connectivity index (χ1v) is 10.0. The zero-order chi connectivity index (χ0) is 17.6. The number of hydrogen-bond acceptors (Lipinski definition) is 2. The summed E-state index contributed by atoms with van der Waals surface area (Å²) in [5, 5.41) is 6.22. The van der Waals surface area contributed by atoms with Gasteiger partial charge in [-0.25, -0.2) is 4.79 Å². The van der Waals surface area contributed by atoms with Crippen LogP contribution in [-0.4, -0.2) is 25.2 Å². The quantitative estimate of drug-likeness (QED) is 0.838. The third-order valence-corrected chi connectivity index (χ3v) is 5.70. The largest absolute Gasteiger partial charge is 0.371 e. The van der Waals surface area contributed by atoms with Crippen molar-refractivity contribution in [3.63, 3.8) is 0 Å². The first-order chi connectivity index (χ1) is 12.1. The van der Waals surface area contributed by atoms with Gasteiger partial charge in [0.2, 0.25) is 0 Å². The van der Waals surface area contributed by atoms with Gasteiger partial charge in [-0.15, -0.1) is 0 Å². The molecule has 2 aliphatic rings. The lowest BCUT2D eigenvalue weighted by atomic mass is 9.96. The van der Waals surface area contributed by atoms with E-state index in [1.54, 1.807) is 0 Å². The van der Waals surface area contributed by atoms with Gasteiger partial charge < -0.3 is 15.5 Å². The second kappa shape index (κ2) is 8.59. The van der Waals surface area contributed by atoms with Crippen molar-refractivity contribution >= 4 is 11.7 Å². The summed E-state index contributed by atoms with van der Waals surface area (Å²) >= 11 is 0. The van der Waals surface area contributed by atoms with E-state index in [-0.39, 0.29) is 12.1 Å². The molecule has 1 heterocycles. The average Bonchev–Trinajstić information content (AvgIpc) is 2.62. The van der Waals surface area contributed by atoms with Crippen LogP contribution in [0.25, 0.3) is 0 Å². The van der Waals surface area contributed by atoms with Crippen molar-refractivity contribution in [1.82, 2.24) is 10.6 Å². The third-order valence-electron chi connectivity index (χ3n) is 5.70. The fourth-order valence-corrected chi connectivity index (χ4v) is 4.15. The van der Waals surface area contributed by atoms with Gasteiger partial charge in [0.05, 0.1) is 6.04 Å². The maximum Gasteiger partial charge on any atom is 0.315 e. The highest BCUT2D eigenvalue weighted by Gasteiger charge is 2.18. The summed E-state index contributed by atoms with van der Waals surface area (Å²) in [6.45, 7) is 6.69. The number of nitrogens with one attached hydrogen (secondary N) is 2. The van der Waals surface area contributed by atoms with Gasteiger partial charge in [0.25, 0.3) is 0 Å². The fourth-order valence-electron chi connectivity index (χ4n) is 4.15. The second-order valence-electron chi connectivity index (χ2n) is 7.96. The smallest absolute Gasteiger partial charge is 0.315 e. The van der Waals surface area contributed by atoms with Gasteiger partial charge in [-0.05, 0) is 56.2 Å². The van der Waals surface area contributed by atoms with Crippen molar-refractivity contribution < 1.29 is 4.79 Å². The molecule has 1 aliphatic heterocycles. The highest BCUT2D eigenvalue weighted by molar-refractivity contribution is 5.74. The van der Waals surface area contributed by atoms with E-state index in [2.05, 4.69) is 53.6 Å². The maximum atomic E-state index is 12.2. The summed E-state index contributed by atoms with van der Waals surface area (Å²) in [7, 11) is 0. The van der Waals surface area contributed by atoms with Gasteiger partial charge in [-0.3, -0.25) is 0 Å². The topological polar surface area (TPSA) is 44.4 Å². The van der Waals surface area contributed by atoms with E-state index in [4.69, 9.17) is 0 Å². The molecule has 0 bridgehead atoms. The van der Waals surface area contributed by atoms with Crippen LogP contribution in [0.1, 0.15) is 70.4 Å². The molecule has 1 aromatic carbocycles. The standard InChI is InChI=1S/C21H33N3O/c1-16-7-6-14-24(15-16)20-12-10-18(11-13-20)17(2)22-21(25)23-19-8-4-3-5-9-19/h10-13,16-17,19H,3-9,14-15H2,1-2H3,(H2,22,23,25). The summed E-state index contributed by atoms with van der Waals surface area (Å²) < 4.78 is 0. The Labute approximate surface area is 152 Å². The zero-order valence-corrected chi connectivity index (χ0v) is 15.8. The lowest BCUT2D eigenvalue weighted by Crippen LogP contribution is -2.43. The van der Waals surface area contributed by atoms with Crippen LogP contribution in [0.2, 0.25) is 0 Å². The van der Waals surface area contributed by atoms with Gasteiger partial charge in [-0.2, -0.15) is 0 Å². The van der Waals surface area contributed by atoms with Gasteiger partial charge in [0, 0.05) is 24.8 Å². The molecule has 2 N–H and O–H groups in total. The Bertz CT molecular complexity index is 551. The normalized spacial score (nSPS) is 23.1. The van der Waals surface area contributed by atoms with Crippen LogP contribution in [0.15, 0.2) is 24.3 Å². The zero-order valence-electron chi connectivity index (χ0n) is 15.8. The van der Waals surface area contributed by atoms with Gasteiger partial charge in [0.15, 0.2) is 0 Å². The van der Waals surface area contributed by atoms with E-state index in [1.807, 2.05) is 0 Å². The van der Waals surface area contributed by atoms with E-state index in [0.717, 1.165) is 37.4 Å².